The second kappa shape index (κ2) is 3.06. The molecule has 0 heterocycles. The maximum atomic E-state index is 2.37. The van der Waals surface area contributed by atoms with Crippen molar-refractivity contribution in [1.29, 1.82) is 0 Å². The van der Waals surface area contributed by atoms with Crippen LogP contribution in [0.1, 0.15) is 0 Å². The second-order valence-corrected chi connectivity index (χ2v) is 7.77. The third kappa shape index (κ3) is 1.86. The first-order valence-corrected chi connectivity index (χ1v) is 8.41. The first-order valence-electron chi connectivity index (χ1n) is 3.16. The summed E-state index contributed by atoms with van der Waals surface area (Å²) in [5, 5.41) is 0. The van der Waals surface area contributed by atoms with Gasteiger partial charge in [0.1, 0.15) is 0 Å². The van der Waals surface area contributed by atoms with Gasteiger partial charge in [-0.15, -0.1) is 0 Å². The van der Waals surface area contributed by atoms with Gasteiger partial charge in [-0.05, 0) is 0 Å². The predicted octanol–water partition coefficient (Wildman–Crippen LogP) is 1.65. The van der Waals surface area contributed by atoms with E-state index in [0.29, 0.717) is 0 Å². The van der Waals surface area contributed by atoms with E-state index in [4.69, 9.17) is 0 Å². The van der Waals surface area contributed by atoms with E-state index < -0.39 is 14.3 Å². The molecule has 0 aromatic heterocycles. The average Bonchev–Trinajstić information content (AvgIpc) is 1.90. The first-order chi connectivity index (χ1) is 4.30. The van der Waals surface area contributed by atoms with Crippen LogP contribution in [0.3, 0.4) is 0 Å². The molecule has 0 nitrogen and oxygen atoms in total. The van der Waals surface area contributed by atoms with Crippen molar-refractivity contribution < 1.29 is 0 Å². The molecule has 1 aromatic rings. The zero-order valence-corrected chi connectivity index (χ0v) is 7.98. The summed E-state index contributed by atoms with van der Waals surface area (Å²) < 4.78 is 1.58. The predicted molar refractivity (Wildman–Crippen MR) is 43.6 cm³/mol. The van der Waals surface area contributed by atoms with Crippen molar-refractivity contribution in [2.24, 2.45) is 0 Å². The fourth-order valence-corrected chi connectivity index (χ4v) is 2.57. The summed E-state index contributed by atoms with van der Waals surface area (Å²) in [5.74, 6) is 4.74. The first kappa shape index (κ1) is 6.88. The molecule has 0 saturated carbocycles. The summed E-state index contributed by atoms with van der Waals surface area (Å²) >= 11 is -0.766. The molecule has 0 N–H and O–H groups in total. The van der Waals surface area contributed by atoms with Crippen molar-refractivity contribution >= 4 is 18.7 Å². The van der Waals surface area contributed by atoms with E-state index in [9.17, 15) is 0 Å². The maximum absolute atomic E-state index is 2.37. The molecule has 0 aliphatic heterocycles. The Hall–Kier alpha value is -0.237. The van der Waals surface area contributed by atoms with Crippen LogP contribution in [0.25, 0.3) is 0 Å². The van der Waals surface area contributed by atoms with Crippen LogP contribution in [0.5, 0.6) is 0 Å². The van der Waals surface area contributed by atoms with E-state index in [2.05, 4.69) is 41.8 Å². The molecule has 1 radical (unpaired) electrons. The van der Waals surface area contributed by atoms with Crippen molar-refractivity contribution in [2.75, 3.05) is 0 Å². The van der Waals surface area contributed by atoms with Gasteiger partial charge in [0.2, 0.25) is 0 Å². The van der Waals surface area contributed by atoms with E-state index >= 15 is 0 Å². The van der Waals surface area contributed by atoms with Gasteiger partial charge in [-0.2, -0.15) is 0 Å². The topological polar surface area (TPSA) is 0 Å². The third-order valence-corrected chi connectivity index (χ3v) is 4.47. The van der Waals surface area contributed by atoms with Crippen LogP contribution in [-0.4, -0.2) is 14.3 Å². The van der Waals surface area contributed by atoms with Crippen molar-refractivity contribution in [3.05, 3.63) is 30.3 Å². The zero-order chi connectivity index (χ0) is 6.69. The minimum atomic E-state index is -0.766. The molecule has 0 atom stereocenters. The Kier molecular flexibility index (Phi) is 2.34. The molecule has 0 spiro atoms. The Bertz CT molecular complexity index is 167. The van der Waals surface area contributed by atoms with Gasteiger partial charge in [0.15, 0.2) is 0 Å². The average molecular weight is 180 g/mol. The molecule has 0 fully saturated rings. The Morgan fingerprint density at radius 2 is 1.56 bits per heavy atom. The number of rotatable bonds is 1. The molecule has 1 rings (SSSR count). The standard InChI is InChI=1S/C8H11Ge/c1-9(2)8-6-4-3-5-7-8/h3-7H,1-2H3. The van der Waals surface area contributed by atoms with Crippen LogP contribution in [-0.2, 0) is 0 Å². The van der Waals surface area contributed by atoms with E-state index in [1.165, 1.54) is 0 Å². The molecular formula is C8H11Ge. The van der Waals surface area contributed by atoms with Crippen molar-refractivity contribution in [1.82, 2.24) is 0 Å². The summed E-state index contributed by atoms with van der Waals surface area (Å²) in [6, 6.07) is 10.8. The van der Waals surface area contributed by atoms with Crippen molar-refractivity contribution in [2.45, 2.75) is 11.5 Å². The summed E-state index contributed by atoms with van der Waals surface area (Å²) in [6.45, 7) is 0. The van der Waals surface area contributed by atoms with E-state index in [0.717, 1.165) is 0 Å². The minimum absolute atomic E-state index is 0.766. The molecule has 0 amide bonds. The van der Waals surface area contributed by atoms with Crippen LogP contribution in [0.2, 0.25) is 11.5 Å². The van der Waals surface area contributed by atoms with Crippen LogP contribution in [0.4, 0.5) is 0 Å². The van der Waals surface area contributed by atoms with Crippen LogP contribution in [0.15, 0.2) is 30.3 Å². The molecule has 0 aliphatic carbocycles. The fourth-order valence-electron chi connectivity index (χ4n) is 0.771. The van der Waals surface area contributed by atoms with Gasteiger partial charge in [0, 0.05) is 0 Å². The number of hydrogen-bond acceptors (Lipinski definition) is 0. The van der Waals surface area contributed by atoms with Gasteiger partial charge in [-0.1, -0.05) is 0 Å². The van der Waals surface area contributed by atoms with Gasteiger partial charge < -0.3 is 0 Å². The number of benzene rings is 1. The van der Waals surface area contributed by atoms with Crippen LogP contribution in [0, 0.1) is 0 Å². The van der Waals surface area contributed by atoms with Gasteiger partial charge in [-0.3, -0.25) is 0 Å². The summed E-state index contributed by atoms with van der Waals surface area (Å²) in [5.41, 5.74) is 0. The SMILES string of the molecule is [CH3][Ge]([CH3])[c]1ccccc1. The van der Waals surface area contributed by atoms with Crippen LogP contribution >= 0.6 is 0 Å². The molecule has 1 aromatic carbocycles. The van der Waals surface area contributed by atoms with Gasteiger partial charge in [0.25, 0.3) is 0 Å². The molecule has 9 heavy (non-hydrogen) atoms. The molecule has 47 valence electrons. The number of hydrogen-bond donors (Lipinski definition) is 0. The summed E-state index contributed by atoms with van der Waals surface area (Å²) in [7, 11) is 0. The molecule has 1 heteroatoms. The second-order valence-electron chi connectivity index (χ2n) is 2.37. The van der Waals surface area contributed by atoms with Crippen molar-refractivity contribution in [3.8, 4) is 0 Å². The van der Waals surface area contributed by atoms with Gasteiger partial charge >= 0.3 is 60.6 Å². The third-order valence-electron chi connectivity index (χ3n) is 1.35. The molecule has 0 saturated heterocycles. The molecular weight excluding hydrogens is 169 g/mol. The summed E-state index contributed by atoms with van der Waals surface area (Å²) in [4.78, 5) is 0. The zero-order valence-electron chi connectivity index (χ0n) is 5.89. The monoisotopic (exact) mass is 181 g/mol. The van der Waals surface area contributed by atoms with E-state index in [1.807, 2.05) is 0 Å². The van der Waals surface area contributed by atoms with Gasteiger partial charge in [-0.25, -0.2) is 0 Å². The van der Waals surface area contributed by atoms with E-state index in [-0.39, 0.29) is 0 Å². The van der Waals surface area contributed by atoms with Crippen molar-refractivity contribution in [3.63, 3.8) is 0 Å². The fraction of sp³-hybridized carbons (Fsp3) is 0.250. The quantitative estimate of drug-likeness (QED) is 0.576. The molecule has 0 aliphatic rings. The normalized spacial score (nSPS) is 10.1. The Morgan fingerprint density at radius 3 is 1.89 bits per heavy atom. The molecule has 0 unspecified atom stereocenters. The molecule has 0 bridgehead atoms. The Labute approximate surface area is 61.0 Å². The van der Waals surface area contributed by atoms with Crippen LogP contribution < -0.4 is 4.40 Å². The Balaban J connectivity index is 2.85. The van der Waals surface area contributed by atoms with E-state index in [1.54, 1.807) is 4.40 Å². The summed E-state index contributed by atoms with van der Waals surface area (Å²) in [6.07, 6.45) is 0. The van der Waals surface area contributed by atoms with Gasteiger partial charge in [0.05, 0.1) is 0 Å². The Morgan fingerprint density at radius 1 is 1.00 bits per heavy atom.